The molecule has 0 spiro atoms. The lowest BCUT2D eigenvalue weighted by Gasteiger charge is -2.13. The number of hydrogen-bond acceptors (Lipinski definition) is 3. The molecule has 1 heterocycles. The van der Waals surface area contributed by atoms with E-state index < -0.39 is 0 Å². The Hall–Kier alpha value is -1.12. The van der Waals surface area contributed by atoms with Crippen LogP contribution >= 0.6 is 0 Å². The molecule has 2 fully saturated rings. The maximum absolute atomic E-state index is 11.4. The Bertz CT molecular complexity index is 289. The van der Waals surface area contributed by atoms with Gasteiger partial charge >= 0.3 is 0 Å². The second-order valence-corrected chi connectivity index (χ2v) is 3.46. The average Bonchev–Trinajstić information content (AvgIpc) is 2.52. The Morgan fingerprint density at radius 2 is 1.69 bits per heavy atom. The molecule has 2 rings (SSSR count). The summed E-state index contributed by atoms with van der Waals surface area (Å²) in [6.07, 6.45) is 3.69. The lowest BCUT2D eigenvalue weighted by Crippen LogP contribution is -2.13. The summed E-state index contributed by atoms with van der Waals surface area (Å²) in [5.41, 5.74) is 0.647. The van der Waals surface area contributed by atoms with Crippen LogP contribution in [-0.2, 0) is 14.3 Å². The van der Waals surface area contributed by atoms with Gasteiger partial charge in [0, 0.05) is 18.4 Å². The van der Waals surface area contributed by atoms with Gasteiger partial charge in [-0.15, -0.1) is 0 Å². The summed E-state index contributed by atoms with van der Waals surface area (Å²) in [6, 6.07) is 0. The van der Waals surface area contributed by atoms with Crippen molar-refractivity contribution in [2.75, 3.05) is 6.61 Å². The summed E-state index contributed by atoms with van der Waals surface area (Å²) in [5, 5.41) is 0. The van der Waals surface area contributed by atoms with E-state index in [9.17, 15) is 9.59 Å². The quantitative estimate of drug-likeness (QED) is 0.529. The largest absolute Gasteiger partial charge is 0.489 e. The molecule has 0 aromatic rings. The van der Waals surface area contributed by atoms with Crippen LogP contribution in [0.2, 0.25) is 0 Å². The van der Waals surface area contributed by atoms with E-state index in [1.54, 1.807) is 0 Å². The van der Waals surface area contributed by atoms with Crippen molar-refractivity contribution in [2.24, 2.45) is 0 Å². The molecule has 2 aliphatic rings. The van der Waals surface area contributed by atoms with Crippen molar-refractivity contribution in [3.63, 3.8) is 0 Å². The van der Waals surface area contributed by atoms with Crippen LogP contribution in [0.15, 0.2) is 11.3 Å². The van der Waals surface area contributed by atoms with Gasteiger partial charge in [-0.1, -0.05) is 0 Å². The van der Waals surface area contributed by atoms with Gasteiger partial charge in [0.15, 0.2) is 11.5 Å². The highest BCUT2D eigenvalue weighted by Crippen LogP contribution is 2.26. The van der Waals surface area contributed by atoms with Crippen molar-refractivity contribution >= 4 is 11.6 Å². The van der Waals surface area contributed by atoms with Gasteiger partial charge in [0.2, 0.25) is 5.78 Å². The topological polar surface area (TPSA) is 43.4 Å². The zero-order valence-corrected chi connectivity index (χ0v) is 7.47. The van der Waals surface area contributed by atoms with Gasteiger partial charge in [-0.05, 0) is 19.3 Å². The van der Waals surface area contributed by atoms with Crippen molar-refractivity contribution in [1.82, 2.24) is 0 Å². The van der Waals surface area contributed by atoms with Crippen LogP contribution in [0.4, 0.5) is 0 Å². The number of ether oxygens (including phenoxy) is 1. The maximum atomic E-state index is 11.4. The number of ketones is 2. The summed E-state index contributed by atoms with van der Waals surface area (Å²) in [6.45, 7) is 0.449. The Kier molecular flexibility index (Phi) is 2.17. The third-order valence-electron chi connectivity index (χ3n) is 2.52. The molecule has 0 aromatic carbocycles. The predicted octanol–water partition coefficient (Wildman–Crippen LogP) is 1.37. The summed E-state index contributed by atoms with van der Waals surface area (Å²) in [7, 11) is 0. The summed E-state index contributed by atoms with van der Waals surface area (Å²) in [5.74, 6) is 0.478. The fourth-order valence-electron chi connectivity index (χ4n) is 1.81. The zero-order chi connectivity index (χ0) is 9.26. The van der Waals surface area contributed by atoms with Crippen molar-refractivity contribution in [3.8, 4) is 0 Å². The van der Waals surface area contributed by atoms with Crippen LogP contribution in [-0.4, -0.2) is 18.2 Å². The Morgan fingerprint density at radius 1 is 0.923 bits per heavy atom. The number of allylic oxidation sites excluding steroid dienone is 2. The minimum Gasteiger partial charge on any atom is -0.489 e. The highest BCUT2D eigenvalue weighted by atomic mass is 16.5. The molecule has 1 aliphatic heterocycles. The van der Waals surface area contributed by atoms with Gasteiger partial charge in [-0.3, -0.25) is 9.59 Å². The molecule has 0 atom stereocenters. The number of Topliss-reactive ketones (excluding diaryl/α,β-unsaturated/α-hetero) is 2. The highest BCUT2D eigenvalue weighted by Gasteiger charge is 2.28. The van der Waals surface area contributed by atoms with Crippen molar-refractivity contribution < 1.29 is 14.3 Å². The van der Waals surface area contributed by atoms with Gasteiger partial charge in [0.05, 0.1) is 6.61 Å². The molecule has 0 radical (unpaired) electrons. The lowest BCUT2D eigenvalue weighted by molar-refractivity contribution is -0.118. The molecule has 0 aromatic heterocycles. The Labute approximate surface area is 76.8 Å². The van der Waals surface area contributed by atoms with Crippen LogP contribution in [0.3, 0.4) is 0 Å². The van der Waals surface area contributed by atoms with Crippen LogP contribution in [0.1, 0.15) is 32.1 Å². The van der Waals surface area contributed by atoms with Gasteiger partial charge in [0.1, 0.15) is 0 Å². The summed E-state index contributed by atoms with van der Waals surface area (Å²) >= 11 is 0. The van der Waals surface area contributed by atoms with Crippen LogP contribution in [0, 0.1) is 0 Å². The smallest absolute Gasteiger partial charge is 0.201 e. The van der Waals surface area contributed by atoms with Gasteiger partial charge < -0.3 is 4.74 Å². The second kappa shape index (κ2) is 3.32. The first-order valence-electron chi connectivity index (χ1n) is 4.71. The van der Waals surface area contributed by atoms with E-state index in [4.69, 9.17) is 4.74 Å². The third-order valence-corrected chi connectivity index (χ3v) is 2.52. The van der Waals surface area contributed by atoms with E-state index in [0.29, 0.717) is 30.8 Å². The fourth-order valence-corrected chi connectivity index (χ4v) is 1.81. The molecule has 0 unspecified atom stereocenters. The van der Waals surface area contributed by atoms with Crippen molar-refractivity contribution in [1.29, 1.82) is 0 Å². The Balaban J connectivity index is 2.29. The van der Waals surface area contributed by atoms with Crippen LogP contribution < -0.4 is 0 Å². The molecule has 70 valence electrons. The minimum absolute atomic E-state index is 0.00486. The molecule has 3 nitrogen and oxygen atoms in total. The molecule has 1 saturated heterocycles. The first-order chi connectivity index (χ1) is 6.29. The summed E-state index contributed by atoms with van der Waals surface area (Å²) < 4.78 is 5.18. The van der Waals surface area contributed by atoms with Gasteiger partial charge in [0.25, 0.3) is 0 Å². The van der Waals surface area contributed by atoms with Crippen LogP contribution in [0.25, 0.3) is 0 Å². The molecule has 1 saturated carbocycles. The maximum Gasteiger partial charge on any atom is 0.201 e. The molecule has 1 aliphatic carbocycles. The van der Waals surface area contributed by atoms with E-state index in [1.165, 1.54) is 0 Å². The lowest BCUT2D eigenvalue weighted by atomic mass is 9.92. The molecule has 0 N–H and O–H groups in total. The number of rotatable bonds is 0. The van der Waals surface area contributed by atoms with Crippen LogP contribution in [0.5, 0.6) is 0 Å². The Morgan fingerprint density at radius 3 is 2.31 bits per heavy atom. The number of hydrogen-bond donors (Lipinski definition) is 0. The molecular weight excluding hydrogens is 168 g/mol. The number of carbonyl (C=O) groups excluding carboxylic acids is 2. The molecule has 0 bridgehead atoms. The molecule has 13 heavy (non-hydrogen) atoms. The average molecular weight is 180 g/mol. The summed E-state index contributed by atoms with van der Waals surface area (Å²) in [4.78, 5) is 22.7. The minimum atomic E-state index is 0.00486. The molecular formula is C10H12O3. The van der Waals surface area contributed by atoms with Crippen molar-refractivity contribution in [2.45, 2.75) is 32.1 Å². The van der Waals surface area contributed by atoms with Gasteiger partial charge in [-0.2, -0.15) is 0 Å². The monoisotopic (exact) mass is 180 g/mol. The van der Waals surface area contributed by atoms with E-state index in [2.05, 4.69) is 0 Å². The number of carbonyl (C=O) groups is 2. The molecule has 0 amide bonds. The highest BCUT2D eigenvalue weighted by molar-refractivity contribution is 6.06. The van der Waals surface area contributed by atoms with E-state index >= 15 is 0 Å². The third kappa shape index (κ3) is 1.50. The first-order valence-corrected chi connectivity index (χ1v) is 4.71. The fraction of sp³-hybridized carbons (Fsp3) is 0.600. The standard InChI is InChI=1S/C10H12O3/c11-8-4-2-1-3-7(8)10-9(12)5-6-13-10/h1-6H2/b10-7+. The van der Waals surface area contributed by atoms with E-state index in [-0.39, 0.29) is 11.6 Å². The normalized spacial score (nSPS) is 29.2. The van der Waals surface area contributed by atoms with E-state index in [1.807, 2.05) is 0 Å². The SMILES string of the molecule is O=C1CCCC/C1=C1\OCCC1=O. The zero-order valence-electron chi connectivity index (χ0n) is 7.47. The first kappa shape index (κ1) is 8.48. The van der Waals surface area contributed by atoms with Crippen molar-refractivity contribution in [3.05, 3.63) is 11.3 Å². The molecule has 3 heteroatoms. The van der Waals surface area contributed by atoms with Gasteiger partial charge in [-0.25, -0.2) is 0 Å². The van der Waals surface area contributed by atoms with E-state index in [0.717, 1.165) is 19.3 Å². The second-order valence-electron chi connectivity index (χ2n) is 3.46. The predicted molar refractivity (Wildman–Crippen MR) is 46.1 cm³/mol.